The number of carbonyl (C=O) groups excluding carboxylic acids is 1. The van der Waals surface area contributed by atoms with Gasteiger partial charge in [-0.15, -0.1) is 0 Å². The Kier molecular flexibility index (Phi) is 2.15. The summed E-state index contributed by atoms with van der Waals surface area (Å²) in [6.07, 6.45) is 2.81. The van der Waals surface area contributed by atoms with Crippen LogP contribution in [0, 0.1) is 0 Å². The Morgan fingerprint density at radius 1 is 1.73 bits per heavy atom. The maximum atomic E-state index is 10.7. The van der Waals surface area contributed by atoms with E-state index < -0.39 is 5.97 Å². The van der Waals surface area contributed by atoms with Gasteiger partial charge in [0.05, 0.1) is 12.1 Å². The highest BCUT2D eigenvalue weighted by molar-refractivity contribution is 6.02. The van der Waals surface area contributed by atoms with E-state index in [0.29, 0.717) is 5.70 Å². The van der Waals surface area contributed by atoms with Crippen molar-refractivity contribution in [1.82, 2.24) is 0 Å². The molecular weight excluding hydrogens is 146 g/mol. The van der Waals surface area contributed by atoms with E-state index in [2.05, 4.69) is 4.99 Å². The van der Waals surface area contributed by atoms with E-state index >= 15 is 0 Å². The summed E-state index contributed by atoms with van der Waals surface area (Å²) in [7, 11) is 0. The molecule has 0 saturated heterocycles. The van der Waals surface area contributed by atoms with Gasteiger partial charge >= 0.3 is 5.97 Å². The molecule has 4 nitrogen and oxygen atoms in total. The molecule has 1 N–H and O–H groups in total. The number of allylic oxidation sites excluding steroid dienone is 1. The quantitative estimate of drug-likeness (QED) is 0.623. The topological polar surface area (TPSA) is 66.7 Å². The fourth-order valence-corrected chi connectivity index (χ4v) is 0.787. The van der Waals surface area contributed by atoms with Crippen molar-refractivity contribution in [3.8, 4) is 0 Å². The van der Waals surface area contributed by atoms with E-state index in [9.17, 15) is 9.59 Å². The zero-order chi connectivity index (χ0) is 8.27. The standard InChI is InChI=1S/C7H7NO3/c9-6-1-2-8-5(3-6)4-7(10)11/h2-3H,1,4H2,(H,10,11). The van der Waals surface area contributed by atoms with Gasteiger partial charge in [0.25, 0.3) is 0 Å². The van der Waals surface area contributed by atoms with Crippen molar-refractivity contribution in [3.63, 3.8) is 0 Å². The highest BCUT2D eigenvalue weighted by Gasteiger charge is 2.08. The third kappa shape index (κ3) is 2.33. The molecule has 58 valence electrons. The lowest BCUT2D eigenvalue weighted by molar-refractivity contribution is -0.136. The molecule has 1 aliphatic heterocycles. The number of carboxylic acids is 1. The van der Waals surface area contributed by atoms with Gasteiger partial charge in [0.1, 0.15) is 0 Å². The number of rotatable bonds is 2. The van der Waals surface area contributed by atoms with Gasteiger partial charge < -0.3 is 5.11 Å². The first-order valence-electron chi connectivity index (χ1n) is 3.16. The summed E-state index contributed by atoms with van der Waals surface area (Å²) >= 11 is 0. The fraction of sp³-hybridized carbons (Fsp3) is 0.286. The average molecular weight is 153 g/mol. The van der Waals surface area contributed by atoms with E-state index in [-0.39, 0.29) is 18.6 Å². The number of nitrogens with zero attached hydrogens (tertiary/aromatic N) is 1. The first-order chi connectivity index (χ1) is 5.18. The van der Waals surface area contributed by atoms with Gasteiger partial charge in [-0.2, -0.15) is 0 Å². The summed E-state index contributed by atoms with van der Waals surface area (Å²) in [5, 5.41) is 8.33. The predicted octanol–water partition coefficient (Wildman–Crippen LogP) is 0.389. The van der Waals surface area contributed by atoms with E-state index in [0.717, 1.165) is 0 Å². The summed E-state index contributed by atoms with van der Waals surface area (Å²) in [4.78, 5) is 24.6. The largest absolute Gasteiger partial charge is 0.481 e. The van der Waals surface area contributed by atoms with Crippen molar-refractivity contribution in [3.05, 3.63) is 11.8 Å². The molecule has 0 amide bonds. The van der Waals surface area contributed by atoms with Crippen LogP contribution >= 0.6 is 0 Å². The third-order valence-corrected chi connectivity index (χ3v) is 1.21. The molecule has 0 atom stereocenters. The Labute approximate surface area is 63.2 Å². The smallest absolute Gasteiger partial charge is 0.309 e. The van der Waals surface area contributed by atoms with E-state index in [1.165, 1.54) is 12.3 Å². The van der Waals surface area contributed by atoms with Gasteiger partial charge in [-0.25, -0.2) is 0 Å². The second kappa shape index (κ2) is 3.09. The van der Waals surface area contributed by atoms with Crippen LogP contribution in [0.3, 0.4) is 0 Å². The van der Waals surface area contributed by atoms with E-state index in [4.69, 9.17) is 5.11 Å². The molecule has 0 bridgehead atoms. The zero-order valence-corrected chi connectivity index (χ0v) is 5.78. The molecule has 1 aliphatic rings. The van der Waals surface area contributed by atoms with Gasteiger partial charge in [0, 0.05) is 18.7 Å². The Morgan fingerprint density at radius 3 is 3.00 bits per heavy atom. The van der Waals surface area contributed by atoms with Gasteiger partial charge in [0.15, 0.2) is 5.78 Å². The van der Waals surface area contributed by atoms with Crippen LogP contribution in [-0.4, -0.2) is 23.1 Å². The number of ketones is 1. The first kappa shape index (κ1) is 7.65. The van der Waals surface area contributed by atoms with Crippen molar-refractivity contribution in [2.24, 2.45) is 4.99 Å². The number of hydrogen-bond donors (Lipinski definition) is 1. The first-order valence-corrected chi connectivity index (χ1v) is 3.16. The third-order valence-electron chi connectivity index (χ3n) is 1.21. The Balaban J connectivity index is 2.64. The van der Waals surface area contributed by atoms with Gasteiger partial charge in [-0.3, -0.25) is 14.6 Å². The van der Waals surface area contributed by atoms with Crippen LogP contribution in [0.5, 0.6) is 0 Å². The van der Waals surface area contributed by atoms with Crippen LogP contribution in [0.25, 0.3) is 0 Å². The number of carboxylic acid groups (broad SMARTS) is 1. The molecule has 0 aromatic rings. The van der Waals surface area contributed by atoms with Crippen molar-refractivity contribution >= 4 is 18.0 Å². The summed E-state index contributed by atoms with van der Waals surface area (Å²) in [5.41, 5.74) is 0.328. The molecule has 0 spiro atoms. The number of aliphatic imine (C=N–C) groups is 1. The molecule has 0 unspecified atom stereocenters. The van der Waals surface area contributed by atoms with Crippen LogP contribution < -0.4 is 0 Å². The monoisotopic (exact) mass is 153 g/mol. The van der Waals surface area contributed by atoms with Crippen LogP contribution in [0.4, 0.5) is 0 Å². The van der Waals surface area contributed by atoms with Gasteiger partial charge in [0.2, 0.25) is 0 Å². The van der Waals surface area contributed by atoms with Crippen LogP contribution in [0.1, 0.15) is 12.8 Å². The minimum Gasteiger partial charge on any atom is -0.481 e. The molecule has 0 fully saturated rings. The van der Waals surface area contributed by atoms with Crippen LogP contribution in [0.2, 0.25) is 0 Å². The lowest BCUT2D eigenvalue weighted by atomic mass is 10.2. The lowest BCUT2D eigenvalue weighted by Crippen LogP contribution is -2.04. The SMILES string of the molecule is O=C(O)CC1=CC(=O)CC=N1. The Hall–Kier alpha value is -1.45. The van der Waals surface area contributed by atoms with Crippen LogP contribution in [-0.2, 0) is 9.59 Å². The minimum atomic E-state index is -0.969. The molecule has 0 radical (unpaired) electrons. The maximum Gasteiger partial charge on any atom is 0.309 e. The fourth-order valence-electron chi connectivity index (χ4n) is 0.787. The van der Waals surface area contributed by atoms with Crippen molar-refractivity contribution in [2.75, 3.05) is 0 Å². The summed E-state index contributed by atoms with van der Waals surface area (Å²) in [5.74, 6) is -1.06. The summed E-state index contributed by atoms with van der Waals surface area (Å²) in [6.45, 7) is 0. The zero-order valence-electron chi connectivity index (χ0n) is 5.78. The predicted molar refractivity (Wildman–Crippen MR) is 38.5 cm³/mol. The van der Waals surface area contributed by atoms with Crippen molar-refractivity contribution < 1.29 is 14.7 Å². The number of aliphatic carboxylic acids is 1. The Morgan fingerprint density at radius 2 is 2.45 bits per heavy atom. The molecule has 4 heteroatoms. The molecular formula is C7H7NO3. The number of hydrogen-bond acceptors (Lipinski definition) is 3. The summed E-state index contributed by atoms with van der Waals surface area (Å²) in [6, 6.07) is 0. The average Bonchev–Trinajstić information content (AvgIpc) is 1.85. The lowest BCUT2D eigenvalue weighted by Gasteiger charge is -2.00. The number of carbonyl (C=O) groups is 2. The molecule has 0 saturated carbocycles. The van der Waals surface area contributed by atoms with Crippen molar-refractivity contribution in [1.29, 1.82) is 0 Å². The van der Waals surface area contributed by atoms with Crippen molar-refractivity contribution in [2.45, 2.75) is 12.8 Å². The molecule has 1 rings (SSSR count). The molecule has 1 heterocycles. The normalized spacial score (nSPS) is 16.4. The second-order valence-electron chi connectivity index (χ2n) is 2.19. The molecule has 0 aliphatic carbocycles. The minimum absolute atomic E-state index is 0.0868. The molecule has 11 heavy (non-hydrogen) atoms. The Bertz CT molecular complexity index is 252. The van der Waals surface area contributed by atoms with Gasteiger partial charge in [-0.1, -0.05) is 0 Å². The van der Waals surface area contributed by atoms with E-state index in [1.807, 2.05) is 0 Å². The van der Waals surface area contributed by atoms with Crippen LogP contribution in [0.15, 0.2) is 16.8 Å². The highest BCUT2D eigenvalue weighted by Crippen LogP contribution is 2.07. The highest BCUT2D eigenvalue weighted by atomic mass is 16.4. The van der Waals surface area contributed by atoms with Gasteiger partial charge in [-0.05, 0) is 0 Å². The molecule has 0 aromatic heterocycles. The van der Waals surface area contributed by atoms with E-state index in [1.54, 1.807) is 0 Å². The summed E-state index contributed by atoms with van der Waals surface area (Å²) < 4.78 is 0. The second-order valence-corrected chi connectivity index (χ2v) is 2.19. The maximum absolute atomic E-state index is 10.7. The molecule has 0 aromatic carbocycles.